The molecule has 0 spiro atoms. The molecule has 2 rings (SSSR count). The van der Waals surface area contributed by atoms with E-state index in [2.05, 4.69) is 0 Å². The summed E-state index contributed by atoms with van der Waals surface area (Å²) in [6, 6.07) is 7.95. The summed E-state index contributed by atoms with van der Waals surface area (Å²) < 4.78 is 10.3. The SMILES string of the molecule is COCCC1CCN(C(=O)CCc2ccc(OC)cc2)CC1. The summed E-state index contributed by atoms with van der Waals surface area (Å²) in [5.41, 5.74) is 1.18. The monoisotopic (exact) mass is 305 g/mol. The van der Waals surface area contributed by atoms with Gasteiger partial charge in [0.25, 0.3) is 0 Å². The molecule has 4 nitrogen and oxygen atoms in total. The molecule has 1 aliphatic rings. The van der Waals surface area contributed by atoms with Gasteiger partial charge in [-0.05, 0) is 49.3 Å². The molecule has 122 valence electrons. The van der Waals surface area contributed by atoms with Crippen molar-refractivity contribution in [1.29, 1.82) is 0 Å². The third-order valence-electron chi connectivity index (χ3n) is 4.48. The smallest absolute Gasteiger partial charge is 0.222 e. The van der Waals surface area contributed by atoms with E-state index >= 15 is 0 Å². The van der Waals surface area contributed by atoms with Crippen LogP contribution in [0.4, 0.5) is 0 Å². The Kier molecular flexibility index (Phi) is 6.72. The average Bonchev–Trinajstić information content (AvgIpc) is 2.58. The molecule has 0 saturated carbocycles. The minimum Gasteiger partial charge on any atom is -0.497 e. The minimum atomic E-state index is 0.279. The van der Waals surface area contributed by atoms with Crippen molar-refractivity contribution in [3.8, 4) is 5.75 Å². The van der Waals surface area contributed by atoms with Crippen LogP contribution >= 0.6 is 0 Å². The first-order valence-electron chi connectivity index (χ1n) is 8.12. The zero-order valence-corrected chi connectivity index (χ0v) is 13.7. The molecular formula is C18H27NO3. The molecule has 1 amide bonds. The Morgan fingerprint density at radius 3 is 2.45 bits per heavy atom. The summed E-state index contributed by atoms with van der Waals surface area (Å²) in [5, 5.41) is 0. The first-order chi connectivity index (χ1) is 10.7. The minimum absolute atomic E-state index is 0.279. The fourth-order valence-electron chi connectivity index (χ4n) is 2.96. The highest BCUT2D eigenvalue weighted by molar-refractivity contribution is 5.76. The molecule has 0 aromatic heterocycles. The molecule has 0 N–H and O–H groups in total. The number of aryl methyl sites for hydroxylation is 1. The van der Waals surface area contributed by atoms with E-state index in [0.29, 0.717) is 12.3 Å². The summed E-state index contributed by atoms with van der Waals surface area (Å²) >= 11 is 0. The number of likely N-dealkylation sites (tertiary alicyclic amines) is 1. The summed E-state index contributed by atoms with van der Waals surface area (Å²) in [6.07, 6.45) is 4.72. The van der Waals surface area contributed by atoms with Gasteiger partial charge < -0.3 is 14.4 Å². The maximum atomic E-state index is 12.3. The molecule has 1 fully saturated rings. The number of hydrogen-bond acceptors (Lipinski definition) is 3. The number of rotatable bonds is 7. The second-order valence-corrected chi connectivity index (χ2v) is 5.95. The summed E-state index contributed by atoms with van der Waals surface area (Å²) in [4.78, 5) is 14.3. The molecular weight excluding hydrogens is 278 g/mol. The lowest BCUT2D eigenvalue weighted by Gasteiger charge is -2.32. The Balaban J connectivity index is 1.71. The molecule has 0 bridgehead atoms. The zero-order chi connectivity index (χ0) is 15.8. The second-order valence-electron chi connectivity index (χ2n) is 5.95. The van der Waals surface area contributed by atoms with Crippen molar-refractivity contribution in [2.24, 2.45) is 5.92 Å². The Morgan fingerprint density at radius 2 is 1.86 bits per heavy atom. The summed E-state index contributed by atoms with van der Waals surface area (Å²) in [5.74, 6) is 1.85. The van der Waals surface area contributed by atoms with Gasteiger partial charge in [-0.1, -0.05) is 12.1 Å². The van der Waals surface area contributed by atoms with Crippen molar-refractivity contribution in [1.82, 2.24) is 4.90 Å². The van der Waals surface area contributed by atoms with Gasteiger partial charge in [-0.2, -0.15) is 0 Å². The van der Waals surface area contributed by atoms with Crippen LogP contribution in [-0.2, 0) is 16.0 Å². The van der Waals surface area contributed by atoms with E-state index in [1.165, 1.54) is 5.56 Å². The summed E-state index contributed by atoms with van der Waals surface area (Å²) in [7, 11) is 3.41. The van der Waals surface area contributed by atoms with Crippen molar-refractivity contribution in [2.75, 3.05) is 33.9 Å². The Bertz CT molecular complexity index is 450. The third-order valence-corrected chi connectivity index (χ3v) is 4.48. The van der Waals surface area contributed by atoms with Crippen LogP contribution in [0.1, 0.15) is 31.2 Å². The molecule has 0 atom stereocenters. The maximum Gasteiger partial charge on any atom is 0.222 e. The van der Waals surface area contributed by atoms with Crippen LogP contribution in [0.5, 0.6) is 5.75 Å². The van der Waals surface area contributed by atoms with Gasteiger partial charge in [0.15, 0.2) is 0 Å². The Hall–Kier alpha value is -1.55. The van der Waals surface area contributed by atoms with Crippen molar-refractivity contribution < 1.29 is 14.3 Å². The molecule has 1 aliphatic heterocycles. The van der Waals surface area contributed by atoms with Crippen molar-refractivity contribution in [3.63, 3.8) is 0 Å². The molecule has 0 unspecified atom stereocenters. The van der Waals surface area contributed by atoms with Crippen molar-refractivity contribution >= 4 is 5.91 Å². The van der Waals surface area contributed by atoms with Gasteiger partial charge in [-0.25, -0.2) is 0 Å². The molecule has 0 aliphatic carbocycles. The van der Waals surface area contributed by atoms with Crippen LogP contribution < -0.4 is 4.74 Å². The van der Waals surface area contributed by atoms with Gasteiger partial charge in [0, 0.05) is 33.2 Å². The van der Waals surface area contributed by atoms with Gasteiger partial charge in [0.05, 0.1) is 7.11 Å². The van der Waals surface area contributed by atoms with Gasteiger partial charge in [0.2, 0.25) is 5.91 Å². The third kappa shape index (κ3) is 5.02. The van der Waals surface area contributed by atoms with E-state index < -0.39 is 0 Å². The first kappa shape index (κ1) is 16.8. The Labute approximate surface area is 133 Å². The number of amides is 1. The lowest BCUT2D eigenvalue weighted by Crippen LogP contribution is -2.38. The number of nitrogens with zero attached hydrogens (tertiary/aromatic N) is 1. The largest absolute Gasteiger partial charge is 0.497 e. The number of hydrogen-bond donors (Lipinski definition) is 0. The average molecular weight is 305 g/mol. The highest BCUT2D eigenvalue weighted by atomic mass is 16.5. The van der Waals surface area contributed by atoms with E-state index in [1.807, 2.05) is 29.2 Å². The second kappa shape index (κ2) is 8.79. The zero-order valence-electron chi connectivity index (χ0n) is 13.7. The highest BCUT2D eigenvalue weighted by Crippen LogP contribution is 2.21. The molecule has 1 aromatic carbocycles. The summed E-state index contributed by atoms with van der Waals surface area (Å²) in [6.45, 7) is 2.63. The predicted octanol–water partition coefficient (Wildman–Crippen LogP) is 2.90. The van der Waals surface area contributed by atoms with Gasteiger partial charge in [-0.3, -0.25) is 4.79 Å². The Morgan fingerprint density at radius 1 is 1.18 bits per heavy atom. The molecule has 1 heterocycles. The molecule has 4 heteroatoms. The fourth-order valence-corrected chi connectivity index (χ4v) is 2.96. The van der Waals surface area contributed by atoms with Crippen molar-refractivity contribution in [3.05, 3.63) is 29.8 Å². The fraction of sp³-hybridized carbons (Fsp3) is 0.611. The van der Waals surface area contributed by atoms with Crippen LogP contribution in [0.2, 0.25) is 0 Å². The van der Waals surface area contributed by atoms with Crippen LogP contribution in [-0.4, -0.2) is 44.7 Å². The molecule has 1 aromatic rings. The normalized spacial score (nSPS) is 15.8. The lowest BCUT2D eigenvalue weighted by atomic mass is 9.93. The highest BCUT2D eigenvalue weighted by Gasteiger charge is 2.22. The lowest BCUT2D eigenvalue weighted by molar-refractivity contribution is -0.132. The van der Waals surface area contributed by atoms with Gasteiger partial charge in [-0.15, -0.1) is 0 Å². The van der Waals surface area contributed by atoms with E-state index in [0.717, 1.165) is 51.1 Å². The van der Waals surface area contributed by atoms with Crippen LogP contribution in [0.25, 0.3) is 0 Å². The number of ether oxygens (including phenoxy) is 2. The van der Waals surface area contributed by atoms with E-state index in [-0.39, 0.29) is 5.91 Å². The van der Waals surface area contributed by atoms with E-state index in [1.54, 1.807) is 14.2 Å². The standard InChI is InChI=1S/C18H27NO3/c1-21-14-11-16-9-12-19(13-10-16)18(20)8-5-15-3-6-17(22-2)7-4-15/h3-4,6-7,16H,5,8-14H2,1-2H3. The van der Waals surface area contributed by atoms with Gasteiger partial charge >= 0.3 is 0 Å². The molecule has 1 saturated heterocycles. The van der Waals surface area contributed by atoms with Crippen LogP contribution in [0.15, 0.2) is 24.3 Å². The number of methoxy groups -OCH3 is 2. The predicted molar refractivity (Wildman–Crippen MR) is 87.1 cm³/mol. The van der Waals surface area contributed by atoms with Crippen LogP contribution in [0, 0.1) is 5.92 Å². The quantitative estimate of drug-likeness (QED) is 0.777. The number of carbonyl (C=O) groups excluding carboxylic acids is 1. The van der Waals surface area contributed by atoms with E-state index in [9.17, 15) is 4.79 Å². The topological polar surface area (TPSA) is 38.8 Å². The number of carbonyl (C=O) groups is 1. The maximum absolute atomic E-state index is 12.3. The van der Waals surface area contributed by atoms with Crippen molar-refractivity contribution in [2.45, 2.75) is 32.1 Å². The number of benzene rings is 1. The number of piperidine rings is 1. The first-order valence-corrected chi connectivity index (χ1v) is 8.12. The van der Waals surface area contributed by atoms with Gasteiger partial charge in [0.1, 0.15) is 5.75 Å². The van der Waals surface area contributed by atoms with Crippen LogP contribution in [0.3, 0.4) is 0 Å². The van der Waals surface area contributed by atoms with E-state index in [4.69, 9.17) is 9.47 Å². The molecule has 22 heavy (non-hydrogen) atoms. The molecule has 0 radical (unpaired) electrons.